The topological polar surface area (TPSA) is 71.3 Å². The van der Waals surface area contributed by atoms with Crippen molar-refractivity contribution >= 4 is 33.8 Å². The van der Waals surface area contributed by atoms with Crippen molar-refractivity contribution in [1.29, 1.82) is 0 Å². The lowest BCUT2D eigenvalue weighted by Crippen LogP contribution is -2.27. The number of aromatic nitrogens is 2. The second-order valence-electron chi connectivity index (χ2n) is 7.51. The number of amides is 1. The van der Waals surface area contributed by atoms with Crippen LogP contribution in [0.2, 0.25) is 0 Å². The first kappa shape index (κ1) is 17.7. The lowest BCUT2D eigenvalue weighted by atomic mass is 10.1. The van der Waals surface area contributed by atoms with Gasteiger partial charge in [-0.05, 0) is 37.5 Å². The van der Waals surface area contributed by atoms with E-state index in [9.17, 15) is 4.79 Å². The molecule has 0 bridgehead atoms. The van der Waals surface area contributed by atoms with Gasteiger partial charge in [0.15, 0.2) is 11.4 Å². The number of para-hydroxylation sites is 1. The highest BCUT2D eigenvalue weighted by molar-refractivity contribution is 6.07. The molecule has 4 aromatic rings. The molecule has 1 aliphatic heterocycles. The van der Waals surface area contributed by atoms with Crippen LogP contribution in [0.3, 0.4) is 0 Å². The number of fused-ring (bicyclic) bond motifs is 3. The van der Waals surface area contributed by atoms with Crippen molar-refractivity contribution in [3.63, 3.8) is 0 Å². The number of carbonyl (C=O) groups is 1. The molecular weight excluding hydrogens is 364 g/mol. The maximum atomic E-state index is 12.9. The van der Waals surface area contributed by atoms with E-state index in [4.69, 9.17) is 4.42 Å². The quantitative estimate of drug-likeness (QED) is 0.569. The van der Waals surface area contributed by atoms with Gasteiger partial charge < -0.3 is 14.6 Å². The monoisotopic (exact) mass is 386 g/mol. The molecule has 0 radical (unpaired) electrons. The molecule has 0 saturated carbocycles. The van der Waals surface area contributed by atoms with Gasteiger partial charge in [-0.2, -0.15) is 0 Å². The molecule has 0 spiro atoms. The molecule has 5 rings (SSSR count). The number of hydrogen-bond donors (Lipinski definition) is 1. The first-order chi connectivity index (χ1) is 14.2. The lowest BCUT2D eigenvalue weighted by molar-refractivity contribution is 0.0941. The minimum atomic E-state index is -0.279. The average molecular weight is 386 g/mol. The van der Waals surface area contributed by atoms with Crippen molar-refractivity contribution < 1.29 is 9.21 Å². The summed E-state index contributed by atoms with van der Waals surface area (Å²) in [7, 11) is 0. The molecule has 1 N–H and O–H groups in total. The van der Waals surface area contributed by atoms with E-state index in [0.717, 1.165) is 48.0 Å². The molecule has 1 aliphatic rings. The molecule has 2 aromatic carbocycles. The Morgan fingerprint density at radius 3 is 2.76 bits per heavy atom. The zero-order chi connectivity index (χ0) is 19.8. The predicted octanol–water partition coefficient (Wildman–Crippen LogP) is 4.21. The van der Waals surface area contributed by atoms with E-state index in [1.54, 1.807) is 0 Å². The van der Waals surface area contributed by atoms with E-state index < -0.39 is 0 Å². The van der Waals surface area contributed by atoms with Gasteiger partial charge in [0, 0.05) is 25.0 Å². The van der Waals surface area contributed by atoms with Crippen LogP contribution in [-0.2, 0) is 6.54 Å². The van der Waals surface area contributed by atoms with E-state index >= 15 is 0 Å². The second kappa shape index (κ2) is 7.20. The third-order valence-corrected chi connectivity index (χ3v) is 5.35. The van der Waals surface area contributed by atoms with Crippen LogP contribution in [0.15, 0.2) is 52.9 Å². The average Bonchev–Trinajstić information content (AvgIpc) is 3.39. The molecule has 1 saturated heterocycles. The number of benzene rings is 2. The Hall–Kier alpha value is -3.41. The van der Waals surface area contributed by atoms with Gasteiger partial charge in [0.1, 0.15) is 11.1 Å². The van der Waals surface area contributed by atoms with E-state index in [2.05, 4.69) is 26.3 Å². The molecule has 3 heterocycles. The number of carbonyl (C=O) groups excluding carboxylic acids is 1. The lowest BCUT2D eigenvalue weighted by Gasteiger charge is -2.17. The van der Waals surface area contributed by atoms with Crippen molar-refractivity contribution in [3.8, 4) is 0 Å². The molecule has 0 aliphatic carbocycles. The number of rotatable bonds is 4. The smallest absolute Gasteiger partial charge is 0.289 e. The van der Waals surface area contributed by atoms with Gasteiger partial charge in [0.2, 0.25) is 5.82 Å². The predicted molar refractivity (Wildman–Crippen MR) is 113 cm³/mol. The Labute approximate surface area is 168 Å². The number of nitrogens with zero attached hydrogens (tertiary/aromatic N) is 3. The molecule has 1 amide bonds. The molecular formula is C23H22N4O2. The molecule has 29 heavy (non-hydrogen) atoms. The number of aryl methyl sites for hydroxylation is 1. The van der Waals surface area contributed by atoms with Crippen molar-refractivity contribution in [2.24, 2.45) is 0 Å². The second-order valence-corrected chi connectivity index (χ2v) is 7.51. The summed E-state index contributed by atoms with van der Waals surface area (Å²) >= 11 is 0. The summed E-state index contributed by atoms with van der Waals surface area (Å²) in [4.78, 5) is 24.3. The third kappa shape index (κ3) is 3.31. The third-order valence-electron chi connectivity index (χ3n) is 5.35. The van der Waals surface area contributed by atoms with Crippen LogP contribution >= 0.6 is 0 Å². The Morgan fingerprint density at radius 2 is 1.93 bits per heavy atom. The van der Waals surface area contributed by atoms with E-state index in [-0.39, 0.29) is 11.7 Å². The standard InChI is InChI=1S/C23H22N4O2/c1-15-7-6-8-16(13-15)14-24-23(28)21-25-19-17-9-2-3-10-18(17)29-20(19)22(26-21)27-11-4-5-12-27/h2-3,6-10,13H,4-5,11-12,14H2,1H3,(H,24,28). The van der Waals surface area contributed by atoms with Crippen LogP contribution in [0.25, 0.3) is 22.1 Å². The Morgan fingerprint density at radius 1 is 1.10 bits per heavy atom. The number of hydrogen-bond acceptors (Lipinski definition) is 5. The molecule has 0 atom stereocenters. The van der Waals surface area contributed by atoms with Crippen molar-refractivity contribution in [2.45, 2.75) is 26.3 Å². The minimum Gasteiger partial charge on any atom is -0.450 e. The van der Waals surface area contributed by atoms with E-state index in [0.29, 0.717) is 23.5 Å². The van der Waals surface area contributed by atoms with Gasteiger partial charge in [-0.1, -0.05) is 42.0 Å². The zero-order valence-corrected chi connectivity index (χ0v) is 16.3. The van der Waals surface area contributed by atoms with Crippen LogP contribution in [0.1, 0.15) is 34.6 Å². The first-order valence-electron chi connectivity index (χ1n) is 9.97. The van der Waals surface area contributed by atoms with Crippen LogP contribution < -0.4 is 10.2 Å². The Kier molecular flexibility index (Phi) is 4.39. The van der Waals surface area contributed by atoms with Gasteiger partial charge in [-0.15, -0.1) is 0 Å². The number of nitrogens with one attached hydrogen (secondary N) is 1. The fourth-order valence-electron chi connectivity index (χ4n) is 3.90. The summed E-state index contributed by atoms with van der Waals surface area (Å²) in [5, 5.41) is 3.85. The summed E-state index contributed by atoms with van der Waals surface area (Å²) < 4.78 is 6.07. The van der Waals surface area contributed by atoms with Crippen LogP contribution in [0, 0.1) is 6.92 Å². The molecule has 6 heteroatoms. The van der Waals surface area contributed by atoms with Gasteiger partial charge in [-0.3, -0.25) is 4.79 Å². The van der Waals surface area contributed by atoms with E-state index in [1.165, 1.54) is 0 Å². The summed E-state index contributed by atoms with van der Waals surface area (Å²) in [6.45, 7) is 4.29. The van der Waals surface area contributed by atoms with Gasteiger partial charge >= 0.3 is 0 Å². The molecule has 2 aromatic heterocycles. The van der Waals surface area contributed by atoms with Crippen LogP contribution in [0.4, 0.5) is 5.82 Å². The highest BCUT2D eigenvalue weighted by Crippen LogP contribution is 2.34. The highest BCUT2D eigenvalue weighted by Gasteiger charge is 2.24. The Balaban J connectivity index is 1.54. The van der Waals surface area contributed by atoms with E-state index in [1.807, 2.05) is 49.4 Å². The molecule has 6 nitrogen and oxygen atoms in total. The fraction of sp³-hybridized carbons (Fsp3) is 0.261. The maximum absolute atomic E-state index is 12.9. The normalized spacial score (nSPS) is 14.0. The van der Waals surface area contributed by atoms with Crippen molar-refractivity contribution in [1.82, 2.24) is 15.3 Å². The summed E-state index contributed by atoms with van der Waals surface area (Å²) in [6.07, 6.45) is 2.22. The largest absolute Gasteiger partial charge is 0.450 e. The van der Waals surface area contributed by atoms with Crippen LogP contribution in [-0.4, -0.2) is 29.0 Å². The van der Waals surface area contributed by atoms with Crippen LogP contribution in [0.5, 0.6) is 0 Å². The van der Waals surface area contributed by atoms with Gasteiger partial charge in [0.05, 0.1) is 0 Å². The molecule has 146 valence electrons. The maximum Gasteiger partial charge on any atom is 0.289 e. The zero-order valence-electron chi connectivity index (χ0n) is 16.3. The number of anilines is 1. The van der Waals surface area contributed by atoms with Crippen molar-refractivity contribution in [3.05, 3.63) is 65.5 Å². The summed E-state index contributed by atoms with van der Waals surface area (Å²) in [6, 6.07) is 15.9. The molecule has 0 unspecified atom stereocenters. The summed E-state index contributed by atoms with van der Waals surface area (Å²) in [5.74, 6) is 0.613. The van der Waals surface area contributed by atoms with Gasteiger partial charge in [0.25, 0.3) is 5.91 Å². The van der Waals surface area contributed by atoms with Gasteiger partial charge in [-0.25, -0.2) is 9.97 Å². The highest BCUT2D eigenvalue weighted by atomic mass is 16.3. The molecule has 1 fully saturated rings. The Bertz CT molecular complexity index is 1210. The first-order valence-corrected chi connectivity index (χ1v) is 9.97. The fourth-order valence-corrected chi connectivity index (χ4v) is 3.90. The summed E-state index contributed by atoms with van der Waals surface area (Å²) in [5.41, 5.74) is 4.32. The minimum absolute atomic E-state index is 0.179. The number of furan rings is 1. The van der Waals surface area contributed by atoms with Crippen molar-refractivity contribution in [2.75, 3.05) is 18.0 Å². The SMILES string of the molecule is Cc1cccc(CNC(=O)c2nc(N3CCCC3)c3oc4ccccc4c3n2)c1.